The van der Waals surface area contributed by atoms with E-state index in [4.69, 9.17) is 19.0 Å². The topological polar surface area (TPSA) is 109 Å². The lowest BCUT2D eigenvalue weighted by Gasteiger charge is -2.41. The van der Waals surface area contributed by atoms with Crippen molar-refractivity contribution in [2.45, 2.75) is 82.8 Å². The molecule has 6 atom stereocenters. The first-order valence-corrected chi connectivity index (χ1v) is 12.8. The van der Waals surface area contributed by atoms with Crippen molar-refractivity contribution >= 4 is 8.32 Å². The van der Waals surface area contributed by atoms with Crippen LogP contribution >= 0.6 is 0 Å². The Kier molecular flexibility index (Phi) is 9.84. The average Bonchev–Trinajstić information content (AvgIpc) is 2.85. The summed E-state index contributed by atoms with van der Waals surface area (Å²) in [7, 11) is -0.512. The molecule has 27 heavy (non-hydrogen) atoms. The van der Waals surface area contributed by atoms with Crippen LogP contribution in [0.3, 0.4) is 0 Å². The van der Waals surface area contributed by atoms with Gasteiger partial charge in [0.05, 0.1) is 31.5 Å². The molecule has 0 spiro atoms. The molecule has 1 aliphatic carbocycles. The number of aliphatic hydroxyl groups is 4. The molecule has 0 aliphatic heterocycles. The highest BCUT2D eigenvalue weighted by molar-refractivity contribution is 6.74. The third-order valence-electron chi connectivity index (χ3n) is 6.10. The molecule has 0 heterocycles. The van der Waals surface area contributed by atoms with Crippen molar-refractivity contribution < 1.29 is 34.3 Å². The van der Waals surface area contributed by atoms with Crippen molar-refractivity contribution in [3.05, 3.63) is 0 Å². The van der Waals surface area contributed by atoms with Gasteiger partial charge in [0.2, 0.25) is 0 Å². The Morgan fingerprint density at radius 1 is 1.19 bits per heavy atom. The number of rotatable bonds is 11. The van der Waals surface area contributed by atoms with E-state index in [1.807, 2.05) is 0 Å². The van der Waals surface area contributed by atoms with E-state index in [0.717, 1.165) is 0 Å². The molecule has 0 aromatic heterocycles. The zero-order valence-corrected chi connectivity index (χ0v) is 18.7. The summed E-state index contributed by atoms with van der Waals surface area (Å²) in [5.74, 6) is -0.393. The van der Waals surface area contributed by atoms with E-state index in [9.17, 15) is 15.3 Å². The number of ether oxygens (including phenoxy) is 2. The van der Waals surface area contributed by atoms with E-state index in [2.05, 4.69) is 33.9 Å². The summed E-state index contributed by atoms with van der Waals surface area (Å²) in [4.78, 5) is 0. The number of aliphatic hydroxyl groups excluding tert-OH is 4. The maximum absolute atomic E-state index is 10.6. The van der Waals surface area contributed by atoms with Gasteiger partial charge in [-0.25, -0.2) is 0 Å². The number of methoxy groups -OCH3 is 1. The van der Waals surface area contributed by atoms with Crippen LogP contribution in [0.4, 0.5) is 0 Å². The fraction of sp³-hybridized carbons (Fsp3) is 1.00. The molecule has 0 aromatic rings. The Bertz CT molecular complexity index is 427. The number of hydrogen-bond acceptors (Lipinski definition) is 7. The van der Waals surface area contributed by atoms with Crippen molar-refractivity contribution in [1.82, 2.24) is 0 Å². The molecule has 1 saturated carbocycles. The molecule has 4 N–H and O–H groups in total. The molecule has 0 saturated heterocycles. The van der Waals surface area contributed by atoms with Gasteiger partial charge in [-0.15, -0.1) is 0 Å². The maximum Gasteiger partial charge on any atom is 0.192 e. The van der Waals surface area contributed by atoms with Crippen LogP contribution in [0.25, 0.3) is 0 Å². The second kappa shape index (κ2) is 10.6. The highest BCUT2D eigenvalue weighted by atomic mass is 28.4. The molecule has 0 radical (unpaired) electrons. The molecule has 0 aromatic carbocycles. The van der Waals surface area contributed by atoms with Crippen LogP contribution in [-0.4, -0.2) is 80.3 Å². The van der Waals surface area contributed by atoms with Crippen LogP contribution in [0.5, 0.6) is 0 Å². The van der Waals surface area contributed by atoms with Crippen molar-refractivity contribution in [2.24, 2.45) is 11.8 Å². The highest BCUT2D eigenvalue weighted by Crippen LogP contribution is 2.45. The SMILES string of the molecule is CO[C@H](OCCC(O)CO)[C@H]1[C@H](CCO)[C@H](O)C[C@@H]1O[Si](C)(C)C(C)(C)C. The minimum absolute atomic E-state index is 0.0231. The van der Waals surface area contributed by atoms with E-state index in [1.165, 1.54) is 0 Å². The van der Waals surface area contributed by atoms with Crippen LogP contribution in [0.15, 0.2) is 0 Å². The van der Waals surface area contributed by atoms with E-state index < -0.39 is 26.8 Å². The average molecular weight is 409 g/mol. The number of hydrogen-bond donors (Lipinski definition) is 4. The van der Waals surface area contributed by atoms with E-state index in [0.29, 0.717) is 19.3 Å². The van der Waals surface area contributed by atoms with Crippen LogP contribution in [-0.2, 0) is 13.9 Å². The van der Waals surface area contributed by atoms with E-state index in [1.54, 1.807) is 7.11 Å². The Hall–Kier alpha value is -0.0631. The molecular formula is C19H40O7Si. The van der Waals surface area contributed by atoms with Gasteiger partial charge in [-0.2, -0.15) is 0 Å². The van der Waals surface area contributed by atoms with Gasteiger partial charge < -0.3 is 34.3 Å². The third-order valence-corrected chi connectivity index (χ3v) is 10.6. The molecule has 0 bridgehead atoms. The minimum atomic E-state index is -2.07. The van der Waals surface area contributed by atoms with Crippen LogP contribution in [0.2, 0.25) is 18.1 Å². The van der Waals surface area contributed by atoms with Gasteiger partial charge in [-0.05, 0) is 43.3 Å². The van der Waals surface area contributed by atoms with E-state index >= 15 is 0 Å². The molecule has 162 valence electrons. The normalized spacial score (nSPS) is 29.1. The van der Waals surface area contributed by atoms with Crippen LogP contribution in [0.1, 0.15) is 40.0 Å². The van der Waals surface area contributed by atoms with Crippen molar-refractivity contribution in [1.29, 1.82) is 0 Å². The van der Waals surface area contributed by atoms with Crippen molar-refractivity contribution in [2.75, 3.05) is 26.9 Å². The molecule has 1 aliphatic rings. The predicted octanol–water partition coefficient (Wildman–Crippen LogP) is 1.49. The van der Waals surface area contributed by atoms with Gasteiger partial charge in [0.1, 0.15) is 0 Å². The standard InChI is InChI=1S/C19H40O7Si/c1-19(2,3)27(5,6)26-16-11-15(23)14(7-9-20)17(16)18(24-4)25-10-8-13(22)12-21/h13-18,20-23H,7-12H2,1-6H3/t13?,14-,15-,16+,17+,18-/m1/s1. The van der Waals surface area contributed by atoms with Gasteiger partial charge in [-0.3, -0.25) is 0 Å². The summed E-state index contributed by atoms with van der Waals surface area (Å²) in [5, 5.41) is 38.6. The summed E-state index contributed by atoms with van der Waals surface area (Å²) in [6.45, 7) is 10.8. The predicted molar refractivity (Wildman–Crippen MR) is 106 cm³/mol. The summed E-state index contributed by atoms with van der Waals surface area (Å²) >= 11 is 0. The summed E-state index contributed by atoms with van der Waals surface area (Å²) < 4.78 is 18.0. The van der Waals surface area contributed by atoms with Gasteiger partial charge in [-0.1, -0.05) is 20.8 Å². The summed E-state index contributed by atoms with van der Waals surface area (Å²) in [6, 6.07) is 0. The van der Waals surface area contributed by atoms with Gasteiger partial charge in [0.15, 0.2) is 14.6 Å². The van der Waals surface area contributed by atoms with Gasteiger partial charge in [0.25, 0.3) is 0 Å². The van der Waals surface area contributed by atoms with Crippen LogP contribution < -0.4 is 0 Å². The Morgan fingerprint density at radius 3 is 2.30 bits per heavy atom. The first kappa shape index (κ1) is 25.0. The Labute approximate surface area is 164 Å². The second-order valence-corrected chi connectivity index (χ2v) is 13.8. The minimum Gasteiger partial charge on any atom is -0.413 e. The summed E-state index contributed by atoms with van der Waals surface area (Å²) in [6.07, 6.45) is -1.00. The maximum atomic E-state index is 10.6. The first-order valence-electron chi connectivity index (χ1n) is 9.88. The van der Waals surface area contributed by atoms with Gasteiger partial charge in [0, 0.05) is 19.6 Å². The molecule has 8 heteroatoms. The first-order chi connectivity index (χ1) is 12.5. The van der Waals surface area contributed by atoms with E-state index in [-0.39, 0.29) is 42.8 Å². The molecule has 1 rings (SSSR count). The Morgan fingerprint density at radius 2 is 1.81 bits per heavy atom. The van der Waals surface area contributed by atoms with Crippen LogP contribution in [0, 0.1) is 11.8 Å². The molecule has 1 fully saturated rings. The lowest BCUT2D eigenvalue weighted by Crippen LogP contribution is -2.47. The lowest BCUT2D eigenvalue weighted by atomic mass is 9.90. The molecule has 1 unspecified atom stereocenters. The largest absolute Gasteiger partial charge is 0.413 e. The summed E-state index contributed by atoms with van der Waals surface area (Å²) in [5.41, 5.74) is 0. The zero-order valence-electron chi connectivity index (χ0n) is 17.7. The quantitative estimate of drug-likeness (QED) is 0.303. The second-order valence-electron chi connectivity index (χ2n) is 9.07. The molecular weight excluding hydrogens is 368 g/mol. The zero-order chi connectivity index (χ0) is 20.8. The molecule has 7 nitrogen and oxygen atoms in total. The Balaban J connectivity index is 2.96. The monoisotopic (exact) mass is 408 g/mol. The fourth-order valence-electron chi connectivity index (χ4n) is 3.44. The van der Waals surface area contributed by atoms with Crippen molar-refractivity contribution in [3.63, 3.8) is 0 Å². The van der Waals surface area contributed by atoms with Crippen molar-refractivity contribution in [3.8, 4) is 0 Å². The smallest absolute Gasteiger partial charge is 0.192 e. The lowest BCUT2D eigenvalue weighted by molar-refractivity contribution is -0.184. The highest BCUT2D eigenvalue weighted by Gasteiger charge is 2.51. The fourth-order valence-corrected chi connectivity index (χ4v) is 4.81. The molecule has 0 amide bonds. The van der Waals surface area contributed by atoms with Gasteiger partial charge >= 0.3 is 0 Å². The third kappa shape index (κ3) is 6.75.